The smallest absolute Gasteiger partial charge is 0.318 e. The number of nitrogens with zero attached hydrogens (tertiary/aromatic N) is 2. The molecule has 0 bridgehead atoms. The Labute approximate surface area is 130 Å². The molecule has 0 amide bonds. The Morgan fingerprint density at radius 1 is 0.870 bits per heavy atom. The predicted octanol–water partition coefficient (Wildman–Crippen LogP) is 3.31. The van der Waals surface area contributed by atoms with E-state index >= 15 is 0 Å². The van der Waals surface area contributed by atoms with Crippen LogP contribution in [0.3, 0.4) is 0 Å². The molecule has 23 heavy (non-hydrogen) atoms. The largest absolute Gasteiger partial charge is 0.493 e. The maximum Gasteiger partial charge on any atom is 0.318 e. The van der Waals surface area contributed by atoms with Crippen LogP contribution in [-0.2, 0) is 0 Å². The molecule has 0 radical (unpaired) electrons. The first kappa shape index (κ1) is 16.0. The summed E-state index contributed by atoms with van der Waals surface area (Å²) in [5.41, 5.74) is -0.925. The van der Waals surface area contributed by atoms with Crippen LogP contribution in [0, 0.1) is 20.2 Å². The molecule has 9 heteroatoms. The fourth-order valence-electron chi connectivity index (χ4n) is 1.90. The number of non-ortho nitro benzene ring substituents is 1. The van der Waals surface area contributed by atoms with Crippen molar-refractivity contribution in [1.29, 1.82) is 0 Å². The van der Waals surface area contributed by atoms with Crippen molar-refractivity contribution in [3.63, 3.8) is 0 Å². The molecule has 0 saturated carbocycles. The average Bonchev–Trinajstić information content (AvgIpc) is 2.54. The molecule has 0 aliphatic heterocycles. The molecule has 2 rings (SSSR count). The maximum atomic E-state index is 11.1. The van der Waals surface area contributed by atoms with Gasteiger partial charge in [0.15, 0.2) is 11.5 Å². The summed E-state index contributed by atoms with van der Waals surface area (Å²) in [5.74, 6) is 0.674. The highest BCUT2D eigenvalue weighted by Gasteiger charge is 2.22. The molecule has 0 atom stereocenters. The standard InChI is InChI=1S/C14H12N2O7/c1-21-12-4-3-5-13(14(12)22-2)23-11-7-6-9(15(17)18)8-10(11)16(19)20/h3-8H,1-2H3. The van der Waals surface area contributed by atoms with E-state index in [1.54, 1.807) is 12.1 Å². The van der Waals surface area contributed by atoms with Gasteiger partial charge in [0.1, 0.15) is 0 Å². The van der Waals surface area contributed by atoms with Gasteiger partial charge in [0.2, 0.25) is 11.5 Å². The van der Waals surface area contributed by atoms with Gasteiger partial charge in [0.05, 0.1) is 30.1 Å². The SMILES string of the molecule is COc1cccc(Oc2ccc([N+](=O)[O-])cc2[N+](=O)[O-])c1OC. The van der Waals surface area contributed by atoms with E-state index in [0.717, 1.165) is 18.2 Å². The summed E-state index contributed by atoms with van der Waals surface area (Å²) in [6.45, 7) is 0. The van der Waals surface area contributed by atoms with Crippen molar-refractivity contribution in [3.05, 3.63) is 56.6 Å². The number of hydrogen-bond donors (Lipinski definition) is 0. The summed E-state index contributed by atoms with van der Waals surface area (Å²) < 4.78 is 15.8. The van der Waals surface area contributed by atoms with Gasteiger partial charge in [0.25, 0.3) is 5.69 Å². The molecule has 0 aromatic heterocycles. The summed E-state index contributed by atoms with van der Waals surface area (Å²) in [7, 11) is 2.84. The Balaban J connectivity index is 2.48. The first-order valence-corrected chi connectivity index (χ1v) is 6.29. The van der Waals surface area contributed by atoms with Gasteiger partial charge in [-0.05, 0) is 18.2 Å². The zero-order chi connectivity index (χ0) is 17.0. The molecule has 0 aliphatic carbocycles. The fraction of sp³-hybridized carbons (Fsp3) is 0.143. The second-order valence-corrected chi connectivity index (χ2v) is 4.26. The number of ether oxygens (including phenoxy) is 3. The number of nitro benzene ring substituents is 2. The maximum absolute atomic E-state index is 11.1. The lowest BCUT2D eigenvalue weighted by Crippen LogP contribution is -1.98. The Hall–Kier alpha value is -3.36. The molecule has 0 saturated heterocycles. The van der Waals surface area contributed by atoms with E-state index in [1.165, 1.54) is 20.3 Å². The van der Waals surface area contributed by atoms with Crippen molar-refractivity contribution in [3.8, 4) is 23.0 Å². The van der Waals surface area contributed by atoms with Crippen LogP contribution < -0.4 is 14.2 Å². The minimum absolute atomic E-state index is 0.146. The molecule has 120 valence electrons. The van der Waals surface area contributed by atoms with E-state index in [-0.39, 0.29) is 17.2 Å². The van der Waals surface area contributed by atoms with Gasteiger partial charge in [-0.2, -0.15) is 0 Å². The van der Waals surface area contributed by atoms with Crippen LogP contribution in [-0.4, -0.2) is 24.1 Å². The Bertz CT molecular complexity index is 761. The molecule has 0 N–H and O–H groups in total. The van der Waals surface area contributed by atoms with Crippen molar-refractivity contribution < 1.29 is 24.1 Å². The van der Waals surface area contributed by atoms with Crippen LogP contribution in [0.25, 0.3) is 0 Å². The van der Waals surface area contributed by atoms with Gasteiger partial charge in [-0.25, -0.2) is 0 Å². The lowest BCUT2D eigenvalue weighted by Gasteiger charge is -2.13. The number of rotatable bonds is 6. The highest BCUT2D eigenvalue weighted by Crippen LogP contribution is 2.42. The fourth-order valence-corrected chi connectivity index (χ4v) is 1.90. The van der Waals surface area contributed by atoms with E-state index in [0.29, 0.717) is 5.75 Å². The van der Waals surface area contributed by atoms with Crippen LogP contribution >= 0.6 is 0 Å². The molecular weight excluding hydrogens is 308 g/mol. The minimum Gasteiger partial charge on any atom is -0.493 e. The molecule has 0 heterocycles. The molecule has 0 fully saturated rings. The number of methoxy groups -OCH3 is 2. The van der Waals surface area contributed by atoms with Crippen molar-refractivity contribution >= 4 is 11.4 Å². The van der Waals surface area contributed by atoms with E-state index < -0.39 is 21.2 Å². The van der Waals surface area contributed by atoms with Gasteiger partial charge in [-0.1, -0.05) is 6.07 Å². The van der Waals surface area contributed by atoms with E-state index in [9.17, 15) is 20.2 Å². The molecule has 2 aromatic carbocycles. The van der Waals surface area contributed by atoms with Crippen LogP contribution in [0.15, 0.2) is 36.4 Å². The zero-order valence-corrected chi connectivity index (χ0v) is 12.2. The van der Waals surface area contributed by atoms with Crippen molar-refractivity contribution in [2.45, 2.75) is 0 Å². The highest BCUT2D eigenvalue weighted by atomic mass is 16.6. The monoisotopic (exact) mass is 320 g/mol. The van der Waals surface area contributed by atoms with Crippen LogP contribution in [0.1, 0.15) is 0 Å². The van der Waals surface area contributed by atoms with Crippen molar-refractivity contribution in [2.24, 2.45) is 0 Å². The zero-order valence-electron chi connectivity index (χ0n) is 12.2. The van der Waals surface area contributed by atoms with Crippen molar-refractivity contribution in [1.82, 2.24) is 0 Å². The highest BCUT2D eigenvalue weighted by molar-refractivity contribution is 5.58. The number of para-hydroxylation sites is 1. The van der Waals surface area contributed by atoms with Crippen LogP contribution in [0.5, 0.6) is 23.0 Å². The second-order valence-electron chi connectivity index (χ2n) is 4.26. The first-order valence-electron chi connectivity index (χ1n) is 6.29. The van der Waals surface area contributed by atoms with E-state index in [4.69, 9.17) is 14.2 Å². The third-order valence-electron chi connectivity index (χ3n) is 2.94. The van der Waals surface area contributed by atoms with Gasteiger partial charge in [-0.3, -0.25) is 20.2 Å². The van der Waals surface area contributed by atoms with Gasteiger partial charge in [0, 0.05) is 6.07 Å². The minimum atomic E-state index is -0.755. The summed E-state index contributed by atoms with van der Waals surface area (Å²) in [4.78, 5) is 20.4. The summed E-state index contributed by atoms with van der Waals surface area (Å²) in [5, 5.41) is 21.8. The third kappa shape index (κ3) is 3.28. The Morgan fingerprint density at radius 2 is 1.57 bits per heavy atom. The first-order chi connectivity index (χ1) is 11.0. The van der Waals surface area contributed by atoms with Crippen LogP contribution in [0.2, 0.25) is 0 Å². The summed E-state index contributed by atoms with van der Waals surface area (Å²) in [6, 6.07) is 7.91. The quantitative estimate of drug-likeness (QED) is 0.592. The molecule has 0 spiro atoms. The number of hydrogen-bond acceptors (Lipinski definition) is 7. The Kier molecular flexibility index (Phi) is 4.60. The lowest BCUT2D eigenvalue weighted by molar-refractivity contribution is -0.394. The van der Waals surface area contributed by atoms with Gasteiger partial charge in [-0.15, -0.1) is 0 Å². The molecular formula is C14H12N2O7. The predicted molar refractivity (Wildman–Crippen MR) is 79.4 cm³/mol. The van der Waals surface area contributed by atoms with E-state index in [1.807, 2.05) is 0 Å². The van der Waals surface area contributed by atoms with Gasteiger partial charge >= 0.3 is 5.69 Å². The average molecular weight is 320 g/mol. The van der Waals surface area contributed by atoms with Crippen LogP contribution in [0.4, 0.5) is 11.4 Å². The Morgan fingerprint density at radius 3 is 2.13 bits per heavy atom. The number of nitro groups is 2. The molecule has 0 aliphatic rings. The summed E-state index contributed by atoms with van der Waals surface area (Å²) >= 11 is 0. The van der Waals surface area contributed by atoms with Gasteiger partial charge < -0.3 is 14.2 Å². The number of benzene rings is 2. The summed E-state index contributed by atoms with van der Waals surface area (Å²) in [6.07, 6.45) is 0. The molecule has 2 aromatic rings. The van der Waals surface area contributed by atoms with Crippen molar-refractivity contribution in [2.75, 3.05) is 14.2 Å². The van der Waals surface area contributed by atoms with E-state index in [2.05, 4.69) is 0 Å². The third-order valence-corrected chi connectivity index (χ3v) is 2.94. The lowest BCUT2D eigenvalue weighted by atomic mass is 10.2. The second kappa shape index (κ2) is 6.60. The topological polar surface area (TPSA) is 114 Å². The normalized spacial score (nSPS) is 10.0. The molecule has 9 nitrogen and oxygen atoms in total. The molecule has 0 unspecified atom stereocenters.